The van der Waals surface area contributed by atoms with Gasteiger partial charge in [0.2, 0.25) is 0 Å². The number of hydrogen-bond acceptors (Lipinski definition) is 4. The molecule has 0 amide bonds. The molecular weight excluding hydrogens is 400 g/mol. The number of fused-ring (bicyclic) bond motifs is 1. The van der Waals surface area contributed by atoms with Crippen molar-refractivity contribution in [2.45, 2.75) is 57.7 Å². The maximum absolute atomic E-state index is 12.6. The maximum Gasteiger partial charge on any atom is 0.387 e. The van der Waals surface area contributed by atoms with Crippen LogP contribution >= 0.6 is 0 Å². The van der Waals surface area contributed by atoms with Gasteiger partial charge in [-0.05, 0) is 63.1 Å². The van der Waals surface area contributed by atoms with E-state index in [1.807, 2.05) is 6.07 Å². The van der Waals surface area contributed by atoms with Gasteiger partial charge in [-0.15, -0.1) is 0 Å². The van der Waals surface area contributed by atoms with Crippen molar-refractivity contribution in [3.05, 3.63) is 36.0 Å². The molecule has 0 spiro atoms. The van der Waals surface area contributed by atoms with E-state index in [-0.39, 0.29) is 11.8 Å². The van der Waals surface area contributed by atoms with Gasteiger partial charge in [0, 0.05) is 49.0 Å². The van der Waals surface area contributed by atoms with Crippen molar-refractivity contribution in [1.29, 1.82) is 0 Å². The molecule has 7 heteroatoms. The number of aromatic nitrogens is 2. The highest BCUT2D eigenvalue weighted by Crippen LogP contribution is 2.64. The molecule has 2 atom stereocenters. The second-order valence-corrected chi connectivity index (χ2v) is 9.38. The molecular formula is C24H31F2N3O2. The minimum atomic E-state index is -2.83. The van der Waals surface area contributed by atoms with Gasteiger partial charge in [-0.2, -0.15) is 13.9 Å². The Kier molecular flexibility index (Phi) is 5.73. The zero-order valence-electron chi connectivity index (χ0n) is 18.2. The van der Waals surface area contributed by atoms with Gasteiger partial charge < -0.3 is 9.47 Å². The smallest absolute Gasteiger partial charge is 0.387 e. The van der Waals surface area contributed by atoms with Crippen molar-refractivity contribution < 1.29 is 18.3 Å². The van der Waals surface area contributed by atoms with Crippen LogP contribution in [0.25, 0.3) is 11.3 Å². The average Bonchev–Trinajstić information content (AvgIpc) is 3.07. The van der Waals surface area contributed by atoms with E-state index >= 15 is 0 Å². The Labute approximate surface area is 182 Å². The van der Waals surface area contributed by atoms with Crippen LogP contribution in [0.5, 0.6) is 5.75 Å². The van der Waals surface area contributed by atoms with Gasteiger partial charge in [0.15, 0.2) is 0 Å². The summed E-state index contributed by atoms with van der Waals surface area (Å²) in [6.07, 6.45) is 3.64. The van der Waals surface area contributed by atoms with Gasteiger partial charge in [0.25, 0.3) is 0 Å². The van der Waals surface area contributed by atoms with E-state index in [1.54, 1.807) is 18.2 Å². The number of halogens is 2. The summed E-state index contributed by atoms with van der Waals surface area (Å²) in [5.74, 6) is 2.18. The van der Waals surface area contributed by atoms with Crippen molar-refractivity contribution in [3.63, 3.8) is 0 Å². The molecule has 0 radical (unpaired) electrons. The molecule has 5 nitrogen and oxygen atoms in total. The first kappa shape index (κ1) is 20.9. The van der Waals surface area contributed by atoms with Gasteiger partial charge in [-0.25, -0.2) is 0 Å². The van der Waals surface area contributed by atoms with E-state index < -0.39 is 6.61 Å². The lowest BCUT2D eigenvalue weighted by Gasteiger charge is -2.28. The number of rotatable bonds is 6. The summed E-state index contributed by atoms with van der Waals surface area (Å²) in [4.78, 5) is 2.63. The third-order valence-electron chi connectivity index (χ3n) is 7.14. The van der Waals surface area contributed by atoms with Crippen LogP contribution in [0.15, 0.2) is 30.3 Å². The van der Waals surface area contributed by atoms with Gasteiger partial charge in [0.05, 0.1) is 12.3 Å². The molecule has 5 rings (SSSR count). The molecule has 31 heavy (non-hydrogen) atoms. The Morgan fingerprint density at radius 1 is 1.10 bits per heavy atom. The van der Waals surface area contributed by atoms with E-state index in [0.29, 0.717) is 12.0 Å². The third kappa shape index (κ3) is 4.22. The molecule has 0 N–H and O–H groups in total. The van der Waals surface area contributed by atoms with E-state index in [0.717, 1.165) is 55.8 Å². The second-order valence-electron chi connectivity index (χ2n) is 9.38. The Morgan fingerprint density at radius 3 is 2.65 bits per heavy atom. The van der Waals surface area contributed by atoms with Crippen molar-refractivity contribution in [2.75, 3.05) is 26.3 Å². The van der Waals surface area contributed by atoms with E-state index in [1.165, 1.54) is 18.5 Å². The minimum Gasteiger partial charge on any atom is -0.435 e. The van der Waals surface area contributed by atoms with Crippen molar-refractivity contribution in [1.82, 2.24) is 14.7 Å². The third-order valence-corrected chi connectivity index (χ3v) is 7.14. The quantitative estimate of drug-likeness (QED) is 0.649. The van der Waals surface area contributed by atoms with Crippen LogP contribution in [0.4, 0.5) is 8.78 Å². The van der Waals surface area contributed by atoms with Crippen LogP contribution in [0.1, 0.15) is 50.8 Å². The fourth-order valence-electron chi connectivity index (χ4n) is 5.72. The molecule has 2 unspecified atom stereocenters. The molecule has 0 bridgehead atoms. The summed E-state index contributed by atoms with van der Waals surface area (Å²) in [7, 11) is 0. The predicted octanol–water partition coefficient (Wildman–Crippen LogP) is 4.95. The molecule has 1 aromatic heterocycles. The normalized spacial score (nSPS) is 28.7. The molecule has 1 aromatic carbocycles. The summed E-state index contributed by atoms with van der Waals surface area (Å²) in [5, 5.41) is 4.86. The number of nitrogens with zero attached hydrogens (tertiary/aromatic N) is 3. The fraction of sp³-hybridized carbons (Fsp3) is 0.625. The van der Waals surface area contributed by atoms with Crippen molar-refractivity contribution in [3.8, 4) is 17.0 Å². The van der Waals surface area contributed by atoms with Crippen LogP contribution in [-0.2, 0) is 4.74 Å². The highest BCUT2D eigenvalue weighted by Gasteiger charge is 2.58. The van der Waals surface area contributed by atoms with Crippen LogP contribution in [-0.4, -0.2) is 53.6 Å². The monoisotopic (exact) mass is 431 g/mol. The van der Waals surface area contributed by atoms with Crippen molar-refractivity contribution >= 4 is 0 Å². The molecule has 2 heterocycles. The van der Waals surface area contributed by atoms with Crippen LogP contribution in [0, 0.1) is 11.8 Å². The number of hydrogen-bond donors (Lipinski definition) is 0. The largest absolute Gasteiger partial charge is 0.435 e. The average molecular weight is 432 g/mol. The number of benzene rings is 1. The molecule has 3 aliphatic rings. The van der Waals surface area contributed by atoms with Gasteiger partial charge in [-0.1, -0.05) is 12.1 Å². The first-order valence-electron chi connectivity index (χ1n) is 11.5. The maximum atomic E-state index is 12.6. The second kappa shape index (κ2) is 8.51. The topological polar surface area (TPSA) is 39.5 Å². The van der Waals surface area contributed by atoms with Crippen LogP contribution in [0.3, 0.4) is 0 Å². The number of ether oxygens (including phenoxy) is 2. The van der Waals surface area contributed by atoms with Crippen molar-refractivity contribution in [2.24, 2.45) is 11.8 Å². The minimum absolute atomic E-state index is 0.167. The summed E-state index contributed by atoms with van der Waals surface area (Å²) in [5.41, 5.74) is 2.93. The molecule has 2 aromatic rings. The zero-order valence-corrected chi connectivity index (χ0v) is 18.2. The Hall–Kier alpha value is -1.99. The van der Waals surface area contributed by atoms with Crippen LogP contribution < -0.4 is 4.74 Å². The number of alkyl halides is 2. The lowest BCUT2D eigenvalue weighted by Crippen LogP contribution is -2.36. The fourth-order valence-corrected chi connectivity index (χ4v) is 5.72. The molecule has 2 aliphatic carbocycles. The Bertz CT molecular complexity index is 896. The summed E-state index contributed by atoms with van der Waals surface area (Å²) in [6, 6.07) is 9.95. The highest BCUT2D eigenvalue weighted by molar-refractivity contribution is 5.62. The van der Waals surface area contributed by atoms with E-state index in [4.69, 9.17) is 9.84 Å². The molecule has 1 aliphatic heterocycles. The first-order valence-corrected chi connectivity index (χ1v) is 11.5. The standard InChI is InChI=1S/C24H31F2N3O2/c1-15(2)29-22(14-21(27-29)16-5-3-6-18(11-16)31-24(25)26)23-19-12-17(13-20(19)23)28-7-4-9-30-10-8-28/h3,5-6,11,14-15,17,19-20,23-24H,4,7-10,12-13H2,1-2H3. The first-order chi connectivity index (χ1) is 15.0. The van der Waals surface area contributed by atoms with Gasteiger partial charge >= 0.3 is 6.61 Å². The molecule has 1 saturated heterocycles. The molecule has 2 saturated carbocycles. The van der Waals surface area contributed by atoms with Gasteiger partial charge in [-0.3, -0.25) is 9.58 Å². The van der Waals surface area contributed by atoms with Gasteiger partial charge in [0.1, 0.15) is 5.75 Å². The lowest BCUT2D eigenvalue weighted by molar-refractivity contribution is -0.0498. The summed E-state index contributed by atoms with van der Waals surface area (Å²) >= 11 is 0. The van der Waals surface area contributed by atoms with Crippen LogP contribution in [0.2, 0.25) is 0 Å². The van der Waals surface area contributed by atoms with E-state index in [9.17, 15) is 8.78 Å². The SMILES string of the molecule is CC(C)n1nc(-c2cccc(OC(F)F)c2)cc1C1C2CC(N3CCCOCC3)CC21. The lowest BCUT2D eigenvalue weighted by atomic mass is 10.0. The predicted molar refractivity (Wildman–Crippen MR) is 114 cm³/mol. The summed E-state index contributed by atoms with van der Waals surface area (Å²) < 4.78 is 37.6. The molecule has 168 valence electrons. The van der Waals surface area contributed by atoms with E-state index in [2.05, 4.69) is 34.2 Å². The highest BCUT2D eigenvalue weighted by atomic mass is 19.3. The Balaban J connectivity index is 1.33. The summed E-state index contributed by atoms with van der Waals surface area (Å²) in [6.45, 7) is 5.42. The zero-order chi connectivity index (χ0) is 21.5. The Morgan fingerprint density at radius 2 is 1.90 bits per heavy atom. The molecule has 3 fully saturated rings.